The smallest absolute Gasteiger partial charge is 0.287 e. The molecule has 3 rings (SSSR count). The first kappa shape index (κ1) is 21.7. The Morgan fingerprint density at radius 3 is 2.87 bits per heavy atom. The van der Waals surface area contributed by atoms with Crippen molar-refractivity contribution >= 4 is 74.8 Å². The lowest BCUT2D eigenvalue weighted by Crippen LogP contribution is -2.43. The highest BCUT2D eigenvalue weighted by Crippen LogP contribution is 2.27. The topological polar surface area (TPSA) is 133 Å². The highest BCUT2D eigenvalue weighted by atomic mass is 35.5. The summed E-state index contributed by atoms with van der Waals surface area (Å²) < 4.78 is 5.17. The summed E-state index contributed by atoms with van der Waals surface area (Å²) in [6.07, 6.45) is 0. The first-order valence-electron chi connectivity index (χ1n) is 8.29. The summed E-state index contributed by atoms with van der Waals surface area (Å²) in [5.41, 5.74) is 0.0188. The average molecular weight is 464 g/mol. The van der Waals surface area contributed by atoms with E-state index >= 15 is 0 Å². The number of hydrogen-bond donors (Lipinski definition) is 3. The van der Waals surface area contributed by atoms with Crippen LogP contribution in [0.25, 0.3) is 0 Å². The van der Waals surface area contributed by atoms with E-state index in [1.807, 2.05) is 0 Å². The zero-order valence-electron chi connectivity index (χ0n) is 15.4. The van der Waals surface area contributed by atoms with Gasteiger partial charge in [-0.25, -0.2) is 4.99 Å². The van der Waals surface area contributed by atoms with E-state index < -0.39 is 23.6 Å². The number of hydrogen-bond acceptors (Lipinski definition) is 7. The van der Waals surface area contributed by atoms with Gasteiger partial charge in [0.25, 0.3) is 11.8 Å². The summed E-state index contributed by atoms with van der Waals surface area (Å²) in [6.45, 7) is 0. The van der Waals surface area contributed by atoms with Gasteiger partial charge in [-0.1, -0.05) is 29.4 Å². The largest absolute Gasteiger partial charge is 0.495 e. The van der Waals surface area contributed by atoms with Crippen molar-refractivity contribution in [2.75, 3.05) is 18.2 Å². The molecule has 0 radical (unpaired) electrons. The number of thioether (sulfide) groups is 1. The molecule has 0 aliphatic carbocycles. The van der Waals surface area contributed by atoms with Gasteiger partial charge in [-0.2, -0.15) is 4.99 Å². The number of carbonyl (C=O) groups excluding carboxylic acids is 3. The van der Waals surface area contributed by atoms with Crippen LogP contribution in [0.1, 0.15) is 9.67 Å². The first-order chi connectivity index (χ1) is 14.4. The molecule has 0 fully saturated rings. The molecule has 1 aliphatic rings. The molecule has 0 atom stereocenters. The van der Waals surface area contributed by atoms with E-state index in [0.717, 1.165) is 11.8 Å². The second kappa shape index (κ2) is 9.65. The van der Waals surface area contributed by atoms with Crippen molar-refractivity contribution in [1.29, 1.82) is 5.41 Å². The maximum Gasteiger partial charge on any atom is 0.287 e. The Kier molecular flexibility index (Phi) is 6.98. The average Bonchev–Trinajstić information content (AvgIpc) is 3.24. The number of amides is 3. The Morgan fingerprint density at radius 2 is 2.20 bits per heavy atom. The van der Waals surface area contributed by atoms with Crippen LogP contribution in [-0.2, 0) is 9.59 Å². The number of benzene rings is 1. The van der Waals surface area contributed by atoms with Gasteiger partial charge in [0.1, 0.15) is 5.75 Å². The van der Waals surface area contributed by atoms with Crippen LogP contribution in [0.2, 0.25) is 5.02 Å². The molecule has 1 aliphatic heterocycles. The van der Waals surface area contributed by atoms with Crippen LogP contribution in [-0.4, -0.2) is 47.3 Å². The van der Waals surface area contributed by atoms with Gasteiger partial charge in [-0.05, 0) is 29.6 Å². The van der Waals surface area contributed by atoms with E-state index in [-0.39, 0.29) is 16.6 Å². The quantitative estimate of drug-likeness (QED) is 0.627. The predicted octanol–water partition coefficient (Wildman–Crippen LogP) is 2.83. The fraction of sp³-hybridized carbons (Fsp3) is 0.111. The van der Waals surface area contributed by atoms with Crippen molar-refractivity contribution in [3.05, 3.63) is 45.6 Å². The number of nitrogens with zero attached hydrogens (tertiary/aromatic N) is 2. The molecule has 2 aromatic rings. The highest BCUT2D eigenvalue weighted by molar-refractivity contribution is 8.14. The second-order valence-corrected chi connectivity index (χ2v) is 7.99. The van der Waals surface area contributed by atoms with Crippen LogP contribution in [0.4, 0.5) is 5.69 Å². The lowest BCUT2D eigenvalue weighted by atomic mass is 10.3. The summed E-state index contributed by atoms with van der Waals surface area (Å²) in [6, 6.07) is 8.05. The fourth-order valence-electron chi connectivity index (χ4n) is 2.27. The molecule has 2 heterocycles. The zero-order chi connectivity index (χ0) is 21.7. The van der Waals surface area contributed by atoms with Gasteiger partial charge in [0, 0.05) is 5.02 Å². The Hall–Kier alpha value is -3.02. The maximum atomic E-state index is 12.2. The predicted molar refractivity (Wildman–Crippen MR) is 118 cm³/mol. The molecule has 0 bridgehead atoms. The molecule has 0 saturated carbocycles. The van der Waals surface area contributed by atoms with Gasteiger partial charge >= 0.3 is 0 Å². The summed E-state index contributed by atoms with van der Waals surface area (Å²) in [5.74, 6) is -1.86. The van der Waals surface area contributed by atoms with E-state index in [1.165, 1.54) is 18.4 Å². The Balaban J connectivity index is 1.62. The maximum absolute atomic E-state index is 12.2. The van der Waals surface area contributed by atoms with Crippen molar-refractivity contribution in [1.82, 2.24) is 5.32 Å². The number of methoxy groups -OCH3 is 1. The minimum absolute atomic E-state index is 0.0562. The third-order valence-electron chi connectivity index (χ3n) is 3.59. The van der Waals surface area contributed by atoms with Crippen LogP contribution >= 0.6 is 34.7 Å². The summed E-state index contributed by atoms with van der Waals surface area (Å²) in [4.78, 5) is 44.4. The molecule has 30 heavy (non-hydrogen) atoms. The molecule has 9 nitrogen and oxygen atoms in total. The monoisotopic (exact) mass is 463 g/mol. The van der Waals surface area contributed by atoms with Crippen LogP contribution in [0.15, 0.2) is 45.7 Å². The Bertz CT molecular complexity index is 1080. The van der Waals surface area contributed by atoms with Gasteiger partial charge in [0.2, 0.25) is 5.91 Å². The molecule has 1 aromatic heterocycles. The number of ether oxygens (including phenoxy) is 1. The van der Waals surface area contributed by atoms with Crippen LogP contribution in [0, 0.1) is 5.41 Å². The second-order valence-electron chi connectivity index (χ2n) is 5.64. The van der Waals surface area contributed by atoms with E-state index in [9.17, 15) is 14.4 Å². The molecule has 3 amide bonds. The minimum atomic E-state index is -0.737. The number of carbonyl (C=O) groups is 3. The molecule has 0 unspecified atom stereocenters. The Labute approximate surface area is 184 Å². The highest BCUT2D eigenvalue weighted by Gasteiger charge is 2.26. The number of halogens is 1. The number of anilines is 1. The number of aliphatic imine (C=N–C) groups is 2. The zero-order valence-corrected chi connectivity index (χ0v) is 17.8. The van der Waals surface area contributed by atoms with E-state index in [1.54, 1.807) is 35.7 Å². The number of amidine groups is 2. The molecular weight excluding hydrogens is 450 g/mol. The van der Waals surface area contributed by atoms with E-state index in [0.29, 0.717) is 21.3 Å². The molecule has 154 valence electrons. The van der Waals surface area contributed by atoms with Crippen molar-refractivity contribution < 1.29 is 19.1 Å². The summed E-state index contributed by atoms with van der Waals surface area (Å²) >= 11 is 8.03. The van der Waals surface area contributed by atoms with Crippen molar-refractivity contribution in [3.63, 3.8) is 0 Å². The van der Waals surface area contributed by atoms with Gasteiger partial charge in [-0.3, -0.25) is 25.1 Å². The lowest BCUT2D eigenvalue weighted by molar-refractivity contribution is -0.114. The number of rotatable bonds is 5. The van der Waals surface area contributed by atoms with Crippen LogP contribution in [0.5, 0.6) is 5.75 Å². The minimum Gasteiger partial charge on any atom is -0.495 e. The standard InChI is InChI=1S/C18H14ClN5O4S2/c1-28-11-5-4-9(19)7-10(11)21-13(25)8-30-18-23-15(20)14(17(27)24-18)22-16(26)12-3-2-6-29-12/h2-7H,8H2,1H3,(H,21,25)(H2,20,23,24,27). The SMILES string of the molecule is COc1ccc(Cl)cc1NC(=O)CSC1=NC(=N)C(=NC(=O)c2cccs2)C(=O)N1. The number of nitrogens with one attached hydrogen (secondary N) is 3. The Morgan fingerprint density at radius 1 is 1.40 bits per heavy atom. The van der Waals surface area contributed by atoms with Crippen molar-refractivity contribution in [2.45, 2.75) is 0 Å². The van der Waals surface area contributed by atoms with Gasteiger partial charge < -0.3 is 10.1 Å². The summed E-state index contributed by atoms with van der Waals surface area (Å²) in [7, 11) is 1.47. The molecule has 0 saturated heterocycles. The normalized spacial score (nSPS) is 14.9. The first-order valence-corrected chi connectivity index (χ1v) is 10.5. The van der Waals surface area contributed by atoms with E-state index in [4.69, 9.17) is 21.7 Å². The van der Waals surface area contributed by atoms with Crippen molar-refractivity contribution in [3.8, 4) is 5.75 Å². The van der Waals surface area contributed by atoms with Gasteiger partial charge in [0.15, 0.2) is 16.7 Å². The fourth-order valence-corrected chi connectivity index (χ4v) is 3.71. The summed E-state index contributed by atoms with van der Waals surface area (Å²) in [5, 5.41) is 15.2. The van der Waals surface area contributed by atoms with Crippen LogP contribution < -0.4 is 15.4 Å². The lowest BCUT2D eigenvalue weighted by Gasteiger charge is -2.15. The number of thiophene rings is 1. The molecule has 1 aromatic carbocycles. The van der Waals surface area contributed by atoms with Gasteiger partial charge in [0.05, 0.1) is 23.4 Å². The van der Waals surface area contributed by atoms with E-state index in [2.05, 4.69) is 20.6 Å². The molecule has 12 heteroatoms. The van der Waals surface area contributed by atoms with Crippen LogP contribution in [0.3, 0.4) is 0 Å². The van der Waals surface area contributed by atoms with Gasteiger partial charge in [-0.15, -0.1) is 11.3 Å². The third-order valence-corrected chi connectivity index (χ3v) is 5.56. The van der Waals surface area contributed by atoms with Crippen molar-refractivity contribution in [2.24, 2.45) is 9.98 Å². The molecule has 0 spiro atoms. The molecular formula is C18H14ClN5O4S2. The molecule has 3 N–H and O–H groups in total. The third kappa shape index (κ3) is 5.32.